The van der Waals surface area contributed by atoms with Crippen molar-refractivity contribution in [3.8, 4) is 0 Å². The van der Waals surface area contributed by atoms with Crippen molar-refractivity contribution in [3.05, 3.63) is 0 Å². The number of carbonyl (C=O) groups excluding carboxylic acids is 1. The van der Waals surface area contributed by atoms with E-state index in [1.807, 2.05) is 0 Å². The fourth-order valence-electron chi connectivity index (χ4n) is 2.85. The predicted octanol–water partition coefficient (Wildman–Crippen LogP) is 2.79. The number of nitrogens with two attached hydrogens (primary N) is 1. The maximum Gasteiger partial charge on any atom is 0.239 e. The molecule has 0 bridgehead atoms. The molecule has 3 heteroatoms. The van der Waals surface area contributed by atoms with E-state index >= 15 is 0 Å². The standard InChI is InChI=1S/C15H30N2O/c1-11(2)9-14(16)15(18)17(10-12(3)4)13-7-5-6-8-13/h11-14H,5-10,16H2,1-4H3. The molecule has 0 aromatic carbocycles. The van der Waals surface area contributed by atoms with Gasteiger partial charge in [0.2, 0.25) is 5.91 Å². The number of amides is 1. The van der Waals surface area contributed by atoms with E-state index in [4.69, 9.17) is 5.73 Å². The van der Waals surface area contributed by atoms with Gasteiger partial charge >= 0.3 is 0 Å². The second-order valence-corrected chi connectivity index (χ2v) is 6.56. The lowest BCUT2D eigenvalue weighted by Crippen LogP contribution is -2.49. The molecule has 1 unspecified atom stereocenters. The Hall–Kier alpha value is -0.570. The summed E-state index contributed by atoms with van der Waals surface area (Å²) in [7, 11) is 0. The number of hydrogen-bond donors (Lipinski definition) is 1. The van der Waals surface area contributed by atoms with E-state index in [-0.39, 0.29) is 11.9 Å². The molecule has 1 rings (SSSR count). The van der Waals surface area contributed by atoms with Gasteiger partial charge in [0.05, 0.1) is 6.04 Å². The smallest absolute Gasteiger partial charge is 0.239 e. The zero-order valence-electron chi connectivity index (χ0n) is 12.5. The van der Waals surface area contributed by atoms with Crippen LogP contribution in [0.4, 0.5) is 0 Å². The predicted molar refractivity (Wildman–Crippen MR) is 76.2 cm³/mol. The summed E-state index contributed by atoms with van der Waals surface area (Å²) in [6.07, 6.45) is 5.62. The van der Waals surface area contributed by atoms with Crippen LogP contribution < -0.4 is 5.73 Å². The molecule has 0 saturated heterocycles. The second kappa shape index (κ2) is 7.13. The molecule has 0 aliphatic heterocycles. The summed E-state index contributed by atoms with van der Waals surface area (Å²) in [5.41, 5.74) is 6.07. The van der Waals surface area contributed by atoms with Crippen LogP contribution in [-0.2, 0) is 4.79 Å². The van der Waals surface area contributed by atoms with Crippen LogP contribution in [0.3, 0.4) is 0 Å². The van der Waals surface area contributed by atoms with E-state index in [9.17, 15) is 4.79 Å². The van der Waals surface area contributed by atoms with E-state index in [1.54, 1.807) is 0 Å². The van der Waals surface area contributed by atoms with Crippen molar-refractivity contribution in [3.63, 3.8) is 0 Å². The van der Waals surface area contributed by atoms with Crippen LogP contribution in [0.5, 0.6) is 0 Å². The molecule has 1 aliphatic carbocycles. The fourth-order valence-corrected chi connectivity index (χ4v) is 2.85. The Morgan fingerprint density at radius 1 is 1.17 bits per heavy atom. The monoisotopic (exact) mass is 254 g/mol. The van der Waals surface area contributed by atoms with Gasteiger partial charge in [-0.25, -0.2) is 0 Å². The molecule has 106 valence electrons. The minimum Gasteiger partial charge on any atom is -0.338 e. The van der Waals surface area contributed by atoms with Gasteiger partial charge in [0.1, 0.15) is 0 Å². The third kappa shape index (κ3) is 4.60. The van der Waals surface area contributed by atoms with Gasteiger partial charge in [0, 0.05) is 12.6 Å². The van der Waals surface area contributed by atoms with Crippen LogP contribution in [0.2, 0.25) is 0 Å². The highest BCUT2D eigenvalue weighted by atomic mass is 16.2. The molecule has 0 spiro atoms. The highest BCUT2D eigenvalue weighted by Gasteiger charge is 2.30. The first-order valence-electron chi connectivity index (χ1n) is 7.47. The van der Waals surface area contributed by atoms with Gasteiger partial charge in [-0.1, -0.05) is 40.5 Å². The van der Waals surface area contributed by atoms with Crippen molar-refractivity contribution in [2.45, 2.75) is 71.9 Å². The van der Waals surface area contributed by atoms with Crippen molar-refractivity contribution in [2.24, 2.45) is 17.6 Å². The summed E-state index contributed by atoms with van der Waals surface area (Å²) >= 11 is 0. The van der Waals surface area contributed by atoms with Crippen LogP contribution in [0.25, 0.3) is 0 Å². The van der Waals surface area contributed by atoms with Gasteiger partial charge in [0.15, 0.2) is 0 Å². The summed E-state index contributed by atoms with van der Waals surface area (Å²) < 4.78 is 0. The minimum absolute atomic E-state index is 0.171. The van der Waals surface area contributed by atoms with E-state index in [0.29, 0.717) is 17.9 Å². The molecule has 1 atom stereocenters. The Balaban J connectivity index is 2.65. The van der Waals surface area contributed by atoms with Gasteiger partial charge < -0.3 is 10.6 Å². The lowest BCUT2D eigenvalue weighted by molar-refractivity contribution is -0.135. The summed E-state index contributed by atoms with van der Waals surface area (Å²) in [4.78, 5) is 14.6. The van der Waals surface area contributed by atoms with Gasteiger partial charge in [-0.15, -0.1) is 0 Å². The third-order valence-electron chi connectivity index (χ3n) is 3.65. The average Bonchev–Trinajstić information content (AvgIpc) is 2.76. The third-order valence-corrected chi connectivity index (χ3v) is 3.65. The van der Waals surface area contributed by atoms with Crippen LogP contribution in [-0.4, -0.2) is 29.4 Å². The highest BCUT2D eigenvalue weighted by molar-refractivity contribution is 5.82. The topological polar surface area (TPSA) is 46.3 Å². The number of rotatable bonds is 6. The zero-order valence-corrected chi connectivity index (χ0v) is 12.5. The molecule has 1 fully saturated rings. The molecule has 18 heavy (non-hydrogen) atoms. The molecule has 0 aromatic rings. The fraction of sp³-hybridized carbons (Fsp3) is 0.933. The van der Waals surface area contributed by atoms with Gasteiger partial charge in [-0.2, -0.15) is 0 Å². The van der Waals surface area contributed by atoms with Crippen LogP contribution >= 0.6 is 0 Å². The minimum atomic E-state index is -0.315. The van der Waals surface area contributed by atoms with Crippen molar-refractivity contribution in [1.82, 2.24) is 4.90 Å². The molecular formula is C15H30N2O. The first-order chi connectivity index (χ1) is 8.41. The first-order valence-corrected chi connectivity index (χ1v) is 7.47. The van der Waals surface area contributed by atoms with Crippen molar-refractivity contribution < 1.29 is 4.79 Å². The molecule has 1 amide bonds. The number of hydrogen-bond acceptors (Lipinski definition) is 2. The Morgan fingerprint density at radius 3 is 2.17 bits per heavy atom. The van der Waals surface area contributed by atoms with E-state index in [0.717, 1.165) is 25.8 Å². The quantitative estimate of drug-likeness (QED) is 0.792. The Bertz CT molecular complexity index is 257. The van der Waals surface area contributed by atoms with E-state index in [1.165, 1.54) is 12.8 Å². The molecule has 1 aliphatic rings. The lowest BCUT2D eigenvalue weighted by Gasteiger charge is -2.33. The van der Waals surface area contributed by atoms with Gasteiger partial charge in [-0.05, 0) is 31.1 Å². The van der Waals surface area contributed by atoms with E-state index in [2.05, 4.69) is 32.6 Å². The number of carbonyl (C=O) groups is 1. The van der Waals surface area contributed by atoms with Crippen LogP contribution in [0.15, 0.2) is 0 Å². The maximum atomic E-state index is 12.5. The summed E-state index contributed by atoms with van der Waals surface area (Å²) in [6.45, 7) is 9.44. The van der Waals surface area contributed by atoms with Crippen LogP contribution in [0.1, 0.15) is 59.8 Å². The van der Waals surface area contributed by atoms with Gasteiger partial charge in [0.25, 0.3) is 0 Å². The molecule has 0 aromatic heterocycles. The first kappa shape index (κ1) is 15.5. The molecule has 2 N–H and O–H groups in total. The van der Waals surface area contributed by atoms with Crippen molar-refractivity contribution >= 4 is 5.91 Å². The zero-order chi connectivity index (χ0) is 13.7. The molecule has 3 nitrogen and oxygen atoms in total. The Labute approximate surface area is 112 Å². The van der Waals surface area contributed by atoms with Gasteiger partial charge in [-0.3, -0.25) is 4.79 Å². The van der Waals surface area contributed by atoms with Crippen molar-refractivity contribution in [1.29, 1.82) is 0 Å². The van der Waals surface area contributed by atoms with E-state index < -0.39 is 0 Å². The lowest BCUT2D eigenvalue weighted by atomic mass is 10.0. The molecule has 1 saturated carbocycles. The molecule has 0 radical (unpaired) electrons. The summed E-state index contributed by atoms with van der Waals surface area (Å²) in [6, 6.07) is 0.127. The summed E-state index contributed by atoms with van der Waals surface area (Å²) in [5.74, 6) is 1.17. The largest absolute Gasteiger partial charge is 0.338 e. The van der Waals surface area contributed by atoms with Crippen LogP contribution in [0, 0.1) is 11.8 Å². The van der Waals surface area contributed by atoms with Crippen molar-refractivity contribution in [2.75, 3.05) is 6.54 Å². The molecular weight excluding hydrogens is 224 g/mol. The SMILES string of the molecule is CC(C)CC(N)C(=O)N(CC(C)C)C1CCCC1. The Kier molecular flexibility index (Phi) is 6.13. The second-order valence-electron chi connectivity index (χ2n) is 6.56. The number of nitrogens with zero attached hydrogens (tertiary/aromatic N) is 1. The highest BCUT2D eigenvalue weighted by Crippen LogP contribution is 2.25. The normalized spacial score (nSPS) is 18.6. The Morgan fingerprint density at radius 2 is 1.72 bits per heavy atom. The average molecular weight is 254 g/mol. The summed E-state index contributed by atoms with van der Waals surface area (Å²) in [5, 5.41) is 0. The maximum absolute atomic E-state index is 12.5. The molecule has 0 heterocycles.